The minimum atomic E-state index is -3.74. The summed E-state index contributed by atoms with van der Waals surface area (Å²) in [6, 6.07) is 10.1. The van der Waals surface area contributed by atoms with Gasteiger partial charge in [0.1, 0.15) is 11.9 Å². The monoisotopic (exact) mass is 418 g/mol. The Bertz CT molecular complexity index is 990. The van der Waals surface area contributed by atoms with Crippen molar-refractivity contribution in [3.8, 4) is 0 Å². The lowest BCUT2D eigenvalue weighted by Gasteiger charge is -2.29. The van der Waals surface area contributed by atoms with Gasteiger partial charge in [-0.1, -0.05) is 18.2 Å². The van der Waals surface area contributed by atoms with Crippen molar-refractivity contribution < 1.29 is 17.6 Å². The fourth-order valence-corrected chi connectivity index (χ4v) is 5.01. The van der Waals surface area contributed by atoms with Crippen molar-refractivity contribution in [2.24, 2.45) is 0 Å². The number of nitrogens with one attached hydrogen (secondary N) is 1. The van der Waals surface area contributed by atoms with Crippen LogP contribution in [0, 0.1) is 5.82 Å². The number of halogens is 1. The number of fused-ring (bicyclic) bond motifs is 1. The van der Waals surface area contributed by atoms with Crippen LogP contribution in [0.4, 0.5) is 10.1 Å². The number of rotatable bonds is 6. The SMILES string of the molecule is C[C@@H](NC(=O)[C@H](C)N(c1ccc(F)cc1)S(C)(=O)=O)c1ccc2c(c1)CCCC2. The molecule has 5 nitrogen and oxygen atoms in total. The van der Waals surface area contributed by atoms with E-state index in [0.29, 0.717) is 0 Å². The van der Waals surface area contributed by atoms with Crippen LogP contribution >= 0.6 is 0 Å². The van der Waals surface area contributed by atoms with Crippen molar-refractivity contribution in [3.05, 3.63) is 65.0 Å². The average Bonchev–Trinajstić information content (AvgIpc) is 2.68. The molecule has 0 unspecified atom stereocenters. The molecule has 1 aliphatic carbocycles. The molecule has 156 valence electrons. The highest BCUT2D eigenvalue weighted by Crippen LogP contribution is 2.26. The third kappa shape index (κ3) is 4.96. The quantitative estimate of drug-likeness (QED) is 0.777. The average molecular weight is 419 g/mol. The van der Waals surface area contributed by atoms with Crippen molar-refractivity contribution in [3.63, 3.8) is 0 Å². The van der Waals surface area contributed by atoms with Gasteiger partial charge >= 0.3 is 0 Å². The third-order valence-electron chi connectivity index (χ3n) is 5.40. The molecule has 1 aliphatic rings. The molecule has 0 bridgehead atoms. The second-order valence-electron chi connectivity index (χ2n) is 7.68. The first-order valence-electron chi connectivity index (χ1n) is 9.84. The van der Waals surface area contributed by atoms with E-state index in [1.54, 1.807) is 0 Å². The van der Waals surface area contributed by atoms with Crippen molar-refractivity contribution in [2.75, 3.05) is 10.6 Å². The number of amides is 1. The van der Waals surface area contributed by atoms with Gasteiger partial charge in [0.05, 0.1) is 18.0 Å². The lowest BCUT2D eigenvalue weighted by atomic mass is 9.89. The molecule has 0 saturated heterocycles. The summed E-state index contributed by atoms with van der Waals surface area (Å²) in [4.78, 5) is 12.9. The van der Waals surface area contributed by atoms with E-state index in [-0.39, 0.29) is 11.7 Å². The number of anilines is 1. The second-order valence-corrected chi connectivity index (χ2v) is 9.54. The van der Waals surface area contributed by atoms with E-state index in [4.69, 9.17) is 0 Å². The molecule has 0 fully saturated rings. The molecule has 0 spiro atoms. The van der Waals surface area contributed by atoms with E-state index in [1.165, 1.54) is 55.2 Å². The number of aryl methyl sites for hydroxylation is 2. The summed E-state index contributed by atoms with van der Waals surface area (Å²) in [7, 11) is -3.74. The molecular formula is C22H27FN2O3S. The summed E-state index contributed by atoms with van der Waals surface area (Å²) >= 11 is 0. The van der Waals surface area contributed by atoms with Crippen LogP contribution in [0.15, 0.2) is 42.5 Å². The van der Waals surface area contributed by atoms with Gasteiger partial charge < -0.3 is 5.32 Å². The highest BCUT2D eigenvalue weighted by Gasteiger charge is 2.30. The van der Waals surface area contributed by atoms with Crippen LogP contribution in [0.25, 0.3) is 0 Å². The molecule has 0 radical (unpaired) electrons. The van der Waals surface area contributed by atoms with Gasteiger partial charge in [-0.15, -0.1) is 0 Å². The minimum Gasteiger partial charge on any atom is -0.348 e. The number of carbonyl (C=O) groups excluding carboxylic acids is 1. The lowest BCUT2D eigenvalue weighted by molar-refractivity contribution is -0.122. The first kappa shape index (κ1) is 21.3. The largest absolute Gasteiger partial charge is 0.348 e. The molecule has 0 aliphatic heterocycles. The topological polar surface area (TPSA) is 66.5 Å². The Labute approximate surface area is 172 Å². The van der Waals surface area contributed by atoms with Gasteiger partial charge in [-0.05, 0) is 80.5 Å². The van der Waals surface area contributed by atoms with Gasteiger partial charge in [-0.2, -0.15) is 0 Å². The van der Waals surface area contributed by atoms with Gasteiger partial charge in [-0.3, -0.25) is 9.10 Å². The Morgan fingerprint density at radius 1 is 1.03 bits per heavy atom. The van der Waals surface area contributed by atoms with E-state index in [2.05, 4.69) is 17.4 Å². The zero-order chi connectivity index (χ0) is 21.2. The van der Waals surface area contributed by atoms with Crippen LogP contribution in [0.5, 0.6) is 0 Å². The summed E-state index contributed by atoms with van der Waals surface area (Å²) in [5.74, 6) is -0.884. The predicted molar refractivity (Wildman–Crippen MR) is 113 cm³/mol. The minimum absolute atomic E-state index is 0.248. The Balaban J connectivity index is 1.78. The number of hydrogen-bond donors (Lipinski definition) is 1. The van der Waals surface area contributed by atoms with Crippen molar-refractivity contribution in [1.29, 1.82) is 0 Å². The molecule has 2 aromatic rings. The fraction of sp³-hybridized carbons (Fsp3) is 0.409. The Morgan fingerprint density at radius 2 is 1.66 bits per heavy atom. The third-order valence-corrected chi connectivity index (χ3v) is 6.64. The molecule has 0 saturated carbocycles. The van der Waals surface area contributed by atoms with Crippen molar-refractivity contribution >= 4 is 21.6 Å². The van der Waals surface area contributed by atoms with Gasteiger partial charge in [0.25, 0.3) is 0 Å². The summed E-state index contributed by atoms with van der Waals surface area (Å²) in [6.07, 6.45) is 5.56. The maximum absolute atomic E-state index is 13.2. The number of carbonyl (C=O) groups is 1. The van der Waals surface area contributed by atoms with E-state index in [0.717, 1.165) is 29.0 Å². The Morgan fingerprint density at radius 3 is 2.28 bits per heavy atom. The predicted octanol–water partition coefficient (Wildman–Crippen LogP) is 3.74. The first-order chi connectivity index (χ1) is 13.7. The lowest BCUT2D eigenvalue weighted by Crippen LogP contribution is -2.48. The molecule has 3 rings (SSSR count). The number of hydrogen-bond acceptors (Lipinski definition) is 3. The zero-order valence-electron chi connectivity index (χ0n) is 17.0. The van der Waals surface area contributed by atoms with Crippen LogP contribution in [-0.4, -0.2) is 26.6 Å². The highest BCUT2D eigenvalue weighted by atomic mass is 32.2. The molecule has 1 amide bonds. The van der Waals surface area contributed by atoms with Crippen LogP contribution in [0.2, 0.25) is 0 Å². The number of nitrogens with zero attached hydrogens (tertiary/aromatic N) is 1. The summed E-state index contributed by atoms with van der Waals surface area (Å²) in [5.41, 5.74) is 3.94. The molecule has 2 aromatic carbocycles. The Kier molecular flexibility index (Phi) is 6.27. The van der Waals surface area contributed by atoms with Crippen molar-refractivity contribution in [1.82, 2.24) is 5.32 Å². The van der Waals surface area contributed by atoms with Gasteiger partial charge in [0.2, 0.25) is 15.9 Å². The van der Waals surface area contributed by atoms with E-state index in [1.807, 2.05) is 13.0 Å². The second kappa shape index (κ2) is 8.53. The molecular weight excluding hydrogens is 391 g/mol. The maximum Gasteiger partial charge on any atom is 0.244 e. The summed E-state index contributed by atoms with van der Waals surface area (Å²) in [6.45, 7) is 3.41. The summed E-state index contributed by atoms with van der Waals surface area (Å²) < 4.78 is 38.9. The Hall–Kier alpha value is -2.41. The molecule has 29 heavy (non-hydrogen) atoms. The zero-order valence-corrected chi connectivity index (χ0v) is 17.8. The molecule has 0 aromatic heterocycles. The van der Waals surface area contributed by atoms with Crippen LogP contribution in [-0.2, 0) is 27.7 Å². The normalized spacial score (nSPS) is 15.9. The first-order valence-corrected chi connectivity index (χ1v) is 11.7. The van der Waals surface area contributed by atoms with Gasteiger partial charge in [0.15, 0.2) is 0 Å². The van der Waals surface area contributed by atoms with Crippen LogP contribution < -0.4 is 9.62 Å². The molecule has 0 heterocycles. The van der Waals surface area contributed by atoms with Gasteiger partial charge in [-0.25, -0.2) is 12.8 Å². The number of benzene rings is 2. The van der Waals surface area contributed by atoms with Gasteiger partial charge in [0, 0.05) is 0 Å². The molecule has 7 heteroatoms. The standard InChI is InChI=1S/C22H27FN2O3S/c1-15(18-9-8-17-6-4-5-7-19(17)14-18)24-22(26)16(2)25(29(3,27)28)21-12-10-20(23)11-13-21/h8-16H,4-7H2,1-3H3,(H,24,26)/t15-,16+/m1/s1. The summed E-state index contributed by atoms with van der Waals surface area (Å²) in [5, 5.41) is 2.92. The van der Waals surface area contributed by atoms with Crippen LogP contribution in [0.1, 0.15) is 49.4 Å². The van der Waals surface area contributed by atoms with E-state index < -0.39 is 27.8 Å². The van der Waals surface area contributed by atoms with Crippen molar-refractivity contribution in [2.45, 2.75) is 51.6 Å². The molecule has 1 N–H and O–H groups in total. The van der Waals surface area contributed by atoms with Crippen LogP contribution in [0.3, 0.4) is 0 Å². The highest BCUT2D eigenvalue weighted by molar-refractivity contribution is 7.92. The maximum atomic E-state index is 13.2. The van der Waals surface area contributed by atoms with E-state index >= 15 is 0 Å². The smallest absolute Gasteiger partial charge is 0.244 e. The number of sulfonamides is 1. The van der Waals surface area contributed by atoms with E-state index in [9.17, 15) is 17.6 Å². The molecule has 2 atom stereocenters. The fourth-order valence-electron chi connectivity index (χ4n) is 3.84.